The summed E-state index contributed by atoms with van der Waals surface area (Å²) in [6.07, 6.45) is 3.79. The maximum atomic E-state index is 11.2. The first-order valence-electron chi connectivity index (χ1n) is 4.35. The third kappa shape index (κ3) is 1.37. The lowest BCUT2D eigenvalue weighted by Gasteiger charge is -2.10. The fourth-order valence-corrected chi connectivity index (χ4v) is 1.75. The van der Waals surface area contributed by atoms with Crippen LogP contribution in [0.2, 0.25) is 0 Å². The molecule has 0 amide bonds. The van der Waals surface area contributed by atoms with Crippen molar-refractivity contribution in [1.82, 2.24) is 5.32 Å². The van der Waals surface area contributed by atoms with E-state index in [0.29, 0.717) is 12.6 Å². The van der Waals surface area contributed by atoms with E-state index in [0.717, 1.165) is 12.3 Å². The average molecular weight is 167 g/mol. The predicted molar refractivity (Wildman–Crippen MR) is 44.6 cm³/mol. The van der Waals surface area contributed by atoms with Gasteiger partial charge in [0.25, 0.3) is 0 Å². The van der Waals surface area contributed by atoms with Crippen molar-refractivity contribution in [3.63, 3.8) is 0 Å². The zero-order valence-electron chi connectivity index (χ0n) is 6.95. The Bertz CT molecular complexity index is 205. The van der Waals surface area contributed by atoms with E-state index < -0.39 is 0 Å². The van der Waals surface area contributed by atoms with Gasteiger partial charge in [-0.3, -0.25) is 4.79 Å². The number of nitrogens with one attached hydrogen (secondary N) is 1. The highest BCUT2D eigenvalue weighted by Crippen LogP contribution is 2.40. The molecule has 2 aliphatic rings. The Morgan fingerprint density at radius 3 is 3.08 bits per heavy atom. The van der Waals surface area contributed by atoms with Gasteiger partial charge in [-0.25, -0.2) is 0 Å². The third-order valence-corrected chi connectivity index (χ3v) is 2.50. The molecule has 1 N–H and O–H groups in total. The fraction of sp³-hybridized carbons (Fsp3) is 0.667. The number of hydrogen-bond donors (Lipinski definition) is 1. The third-order valence-electron chi connectivity index (χ3n) is 2.50. The first-order valence-corrected chi connectivity index (χ1v) is 4.35. The molecule has 3 heteroatoms. The lowest BCUT2D eigenvalue weighted by atomic mass is 10.2. The average Bonchev–Trinajstić information content (AvgIpc) is 2.69. The Morgan fingerprint density at radius 2 is 2.50 bits per heavy atom. The predicted octanol–water partition coefficient (Wildman–Crippen LogP) is 0.466. The highest BCUT2D eigenvalue weighted by atomic mass is 16.5. The van der Waals surface area contributed by atoms with Gasteiger partial charge in [0.2, 0.25) is 0 Å². The molecule has 2 fully saturated rings. The summed E-state index contributed by atoms with van der Waals surface area (Å²) in [7, 11) is 0. The maximum Gasteiger partial charge on any atom is 0.323 e. The van der Waals surface area contributed by atoms with Gasteiger partial charge in [0.05, 0.1) is 0 Å². The molecule has 0 aromatic carbocycles. The Hall–Kier alpha value is -0.830. The molecular formula is C9H13NO2. The van der Waals surface area contributed by atoms with Crippen LogP contribution in [0.15, 0.2) is 12.7 Å². The lowest BCUT2D eigenvalue weighted by molar-refractivity contribution is -0.144. The molecule has 0 aromatic heterocycles. The van der Waals surface area contributed by atoms with Crippen LogP contribution >= 0.6 is 0 Å². The summed E-state index contributed by atoms with van der Waals surface area (Å²) in [5.41, 5.74) is 0. The van der Waals surface area contributed by atoms with Gasteiger partial charge >= 0.3 is 5.97 Å². The van der Waals surface area contributed by atoms with E-state index in [1.54, 1.807) is 6.08 Å². The number of esters is 1. The van der Waals surface area contributed by atoms with Crippen molar-refractivity contribution in [3.05, 3.63) is 12.7 Å². The van der Waals surface area contributed by atoms with E-state index >= 15 is 0 Å². The summed E-state index contributed by atoms with van der Waals surface area (Å²) in [5.74, 6) is 0.619. The van der Waals surface area contributed by atoms with Crippen molar-refractivity contribution < 1.29 is 9.53 Å². The first kappa shape index (κ1) is 7.80. The zero-order valence-corrected chi connectivity index (χ0v) is 6.95. The molecule has 3 atom stereocenters. The molecule has 1 saturated carbocycles. The number of carbonyl (C=O) groups is 1. The molecule has 0 aromatic rings. The Balaban J connectivity index is 1.77. The monoisotopic (exact) mass is 167 g/mol. The Labute approximate surface area is 71.8 Å². The van der Waals surface area contributed by atoms with Crippen molar-refractivity contribution in [2.45, 2.75) is 24.9 Å². The van der Waals surface area contributed by atoms with Crippen LogP contribution in [0.25, 0.3) is 0 Å². The van der Waals surface area contributed by atoms with E-state index in [4.69, 9.17) is 4.74 Å². The minimum absolute atomic E-state index is 0.0475. The van der Waals surface area contributed by atoms with E-state index in [1.807, 2.05) is 0 Å². The van der Waals surface area contributed by atoms with Crippen LogP contribution in [0.1, 0.15) is 12.8 Å². The van der Waals surface area contributed by atoms with Crippen LogP contribution in [-0.2, 0) is 9.53 Å². The number of piperidine rings is 1. The van der Waals surface area contributed by atoms with E-state index in [-0.39, 0.29) is 12.0 Å². The van der Waals surface area contributed by atoms with E-state index in [2.05, 4.69) is 11.9 Å². The normalized spacial score (nSPS) is 37.2. The van der Waals surface area contributed by atoms with Crippen molar-refractivity contribution in [2.24, 2.45) is 5.92 Å². The summed E-state index contributed by atoms with van der Waals surface area (Å²) < 4.78 is 4.92. The molecule has 3 nitrogen and oxygen atoms in total. The number of hydrogen-bond acceptors (Lipinski definition) is 3. The summed E-state index contributed by atoms with van der Waals surface area (Å²) in [4.78, 5) is 11.2. The summed E-state index contributed by atoms with van der Waals surface area (Å²) in [5, 5.41) is 3.23. The van der Waals surface area contributed by atoms with Gasteiger partial charge in [-0.15, -0.1) is 0 Å². The minimum atomic E-state index is -0.123. The van der Waals surface area contributed by atoms with Crippen molar-refractivity contribution in [3.8, 4) is 0 Å². The lowest BCUT2D eigenvalue weighted by Crippen LogP contribution is -2.35. The van der Waals surface area contributed by atoms with Crippen LogP contribution in [0.5, 0.6) is 0 Å². The SMILES string of the molecule is C=CCOC(=O)[C@@H]1CC2C[C@H]2N1. The van der Waals surface area contributed by atoms with E-state index in [9.17, 15) is 4.79 Å². The maximum absolute atomic E-state index is 11.2. The van der Waals surface area contributed by atoms with Crippen molar-refractivity contribution in [2.75, 3.05) is 6.61 Å². The van der Waals surface area contributed by atoms with Crippen molar-refractivity contribution >= 4 is 5.97 Å². The summed E-state index contributed by atoms with van der Waals surface area (Å²) >= 11 is 0. The molecule has 1 aliphatic heterocycles. The topological polar surface area (TPSA) is 38.3 Å². The van der Waals surface area contributed by atoms with Crippen LogP contribution in [0.4, 0.5) is 0 Å². The van der Waals surface area contributed by atoms with Gasteiger partial charge in [0.15, 0.2) is 0 Å². The fourth-order valence-electron chi connectivity index (χ4n) is 1.75. The first-order chi connectivity index (χ1) is 5.81. The van der Waals surface area contributed by atoms with Crippen molar-refractivity contribution in [1.29, 1.82) is 0 Å². The highest BCUT2D eigenvalue weighted by Gasteiger charge is 2.48. The second-order valence-corrected chi connectivity index (χ2v) is 3.48. The number of fused-ring (bicyclic) bond motifs is 1. The molecule has 2 rings (SSSR count). The second kappa shape index (κ2) is 2.90. The largest absolute Gasteiger partial charge is 0.460 e. The zero-order chi connectivity index (χ0) is 8.55. The van der Waals surface area contributed by atoms with Crippen LogP contribution in [0.3, 0.4) is 0 Å². The molecule has 1 saturated heterocycles. The molecular weight excluding hydrogens is 154 g/mol. The highest BCUT2D eigenvalue weighted by molar-refractivity contribution is 5.76. The van der Waals surface area contributed by atoms with Crippen LogP contribution in [0, 0.1) is 5.92 Å². The molecule has 1 aliphatic carbocycles. The molecule has 1 unspecified atom stereocenters. The number of carbonyl (C=O) groups excluding carboxylic acids is 1. The smallest absolute Gasteiger partial charge is 0.323 e. The molecule has 1 heterocycles. The van der Waals surface area contributed by atoms with Crippen LogP contribution < -0.4 is 5.32 Å². The summed E-state index contributed by atoms with van der Waals surface area (Å²) in [6.45, 7) is 3.81. The minimum Gasteiger partial charge on any atom is -0.460 e. The second-order valence-electron chi connectivity index (χ2n) is 3.48. The Kier molecular flexibility index (Phi) is 1.89. The molecule has 12 heavy (non-hydrogen) atoms. The molecule has 66 valence electrons. The molecule has 0 bridgehead atoms. The Morgan fingerprint density at radius 1 is 1.67 bits per heavy atom. The summed E-state index contributed by atoms with van der Waals surface area (Å²) in [6, 6.07) is 0.556. The molecule has 0 radical (unpaired) electrons. The quantitative estimate of drug-likeness (QED) is 0.490. The molecule has 0 spiro atoms. The van der Waals surface area contributed by atoms with Gasteiger partial charge in [-0.05, 0) is 18.8 Å². The van der Waals surface area contributed by atoms with E-state index in [1.165, 1.54) is 6.42 Å². The van der Waals surface area contributed by atoms with Gasteiger partial charge < -0.3 is 10.1 Å². The standard InChI is InChI=1S/C9H13NO2/c1-2-3-12-9(11)8-5-6-4-7(6)10-8/h2,6-8,10H,1,3-5H2/t6?,7-,8+/m1/s1. The number of ether oxygens (including phenoxy) is 1. The van der Waals surface area contributed by atoms with Gasteiger partial charge in [-0.2, -0.15) is 0 Å². The van der Waals surface area contributed by atoms with Gasteiger partial charge in [-0.1, -0.05) is 12.7 Å². The van der Waals surface area contributed by atoms with Crippen LogP contribution in [-0.4, -0.2) is 24.7 Å². The number of rotatable bonds is 3. The van der Waals surface area contributed by atoms with Gasteiger partial charge in [0.1, 0.15) is 12.6 Å². The van der Waals surface area contributed by atoms with Gasteiger partial charge in [0, 0.05) is 6.04 Å².